The molecule has 1 aliphatic rings. The summed E-state index contributed by atoms with van der Waals surface area (Å²) in [5, 5.41) is 13.1. The lowest BCUT2D eigenvalue weighted by molar-refractivity contribution is 0.313. The van der Waals surface area contributed by atoms with Gasteiger partial charge in [0.25, 0.3) is 5.78 Å². The number of thiophene rings is 1. The van der Waals surface area contributed by atoms with Crippen LogP contribution in [0, 0.1) is 6.92 Å². The summed E-state index contributed by atoms with van der Waals surface area (Å²) in [7, 11) is 2.18. The van der Waals surface area contributed by atoms with Gasteiger partial charge in [-0.25, -0.2) is 4.98 Å². The van der Waals surface area contributed by atoms with Crippen LogP contribution in [-0.4, -0.2) is 57.7 Å². The molecule has 0 unspecified atom stereocenters. The third-order valence-electron chi connectivity index (χ3n) is 6.40. The van der Waals surface area contributed by atoms with Crippen molar-refractivity contribution in [1.82, 2.24) is 24.5 Å². The van der Waals surface area contributed by atoms with E-state index in [0.717, 1.165) is 54.2 Å². The number of fused-ring (bicyclic) bond motifs is 2. The summed E-state index contributed by atoms with van der Waals surface area (Å²) >= 11 is 9.56. The number of aromatic nitrogens is 4. The Hall–Kier alpha value is -2.85. The maximum Gasteiger partial charge on any atom is 0.255 e. The second kappa shape index (κ2) is 9.89. The summed E-state index contributed by atoms with van der Waals surface area (Å²) in [6, 6.07) is 16.6. The van der Waals surface area contributed by atoms with Gasteiger partial charge in [0.05, 0.1) is 0 Å². The van der Waals surface area contributed by atoms with Crippen LogP contribution < -0.4 is 10.2 Å². The first-order valence-corrected chi connectivity index (χ1v) is 14.1. The molecule has 1 saturated heterocycles. The fourth-order valence-electron chi connectivity index (χ4n) is 4.39. The summed E-state index contributed by atoms with van der Waals surface area (Å²) in [5.74, 6) is 2.21. The van der Waals surface area contributed by atoms with Gasteiger partial charge >= 0.3 is 0 Å². The Bertz CT molecular complexity index is 1520. The molecule has 7 nitrogen and oxygen atoms in total. The van der Waals surface area contributed by atoms with Gasteiger partial charge in [-0.2, -0.15) is 9.50 Å². The predicted octanol–water partition coefficient (Wildman–Crippen LogP) is 6.09. The number of aryl methyl sites for hydroxylation is 1. The monoisotopic (exact) mass is 535 g/mol. The Morgan fingerprint density at radius 1 is 1.03 bits per heavy atom. The van der Waals surface area contributed by atoms with Crippen LogP contribution in [0.5, 0.6) is 0 Å². The molecule has 1 aliphatic heterocycles. The lowest BCUT2D eigenvalue weighted by Crippen LogP contribution is -2.44. The number of nitrogens with one attached hydrogen (secondary N) is 1. The molecule has 0 atom stereocenters. The van der Waals surface area contributed by atoms with Gasteiger partial charge < -0.3 is 15.1 Å². The Balaban J connectivity index is 1.20. The quantitative estimate of drug-likeness (QED) is 0.264. The number of hydrogen-bond acceptors (Lipinski definition) is 8. The fourth-order valence-corrected chi connectivity index (χ4v) is 6.42. The van der Waals surface area contributed by atoms with Crippen LogP contribution >= 0.6 is 34.7 Å². The Kier molecular flexibility index (Phi) is 6.47. The summed E-state index contributed by atoms with van der Waals surface area (Å²) in [4.78, 5) is 14.1. The van der Waals surface area contributed by atoms with Crippen LogP contribution in [0.4, 0.5) is 17.2 Å². The van der Waals surface area contributed by atoms with Gasteiger partial charge in [-0.3, -0.25) is 0 Å². The van der Waals surface area contributed by atoms with Crippen LogP contribution in [0.1, 0.15) is 11.3 Å². The Labute approximate surface area is 223 Å². The van der Waals surface area contributed by atoms with E-state index >= 15 is 0 Å². The van der Waals surface area contributed by atoms with E-state index in [4.69, 9.17) is 16.7 Å². The molecule has 0 aliphatic carbocycles. The molecule has 10 heteroatoms. The van der Waals surface area contributed by atoms with Gasteiger partial charge in [-0.15, -0.1) is 16.4 Å². The fraction of sp³-hybridized carbons (Fsp3) is 0.269. The number of piperazine rings is 1. The smallest absolute Gasteiger partial charge is 0.255 e. The molecule has 6 rings (SSSR count). The van der Waals surface area contributed by atoms with Gasteiger partial charge in [0, 0.05) is 64.8 Å². The molecule has 0 amide bonds. The molecular formula is C26H26ClN7S2. The summed E-state index contributed by atoms with van der Waals surface area (Å²) in [6.07, 6.45) is 0. The normalized spacial score (nSPS) is 14.7. The first kappa shape index (κ1) is 23.5. The number of likely N-dealkylation sites (N-methyl/N-ethyl adjacent to an activating group) is 1. The number of benzene rings is 2. The number of hydrogen-bond donors (Lipinski definition) is 1. The van der Waals surface area contributed by atoms with E-state index in [1.807, 2.05) is 25.1 Å². The zero-order valence-electron chi connectivity index (χ0n) is 20.1. The van der Waals surface area contributed by atoms with Crippen LogP contribution in [0.3, 0.4) is 0 Å². The highest BCUT2D eigenvalue weighted by Crippen LogP contribution is 2.32. The van der Waals surface area contributed by atoms with Gasteiger partial charge in [0.1, 0.15) is 5.82 Å². The van der Waals surface area contributed by atoms with E-state index in [1.165, 1.54) is 21.3 Å². The summed E-state index contributed by atoms with van der Waals surface area (Å²) in [6.45, 7) is 6.28. The minimum atomic E-state index is 0.590. The van der Waals surface area contributed by atoms with Crippen molar-refractivity contribution in [2.45, 2.75) is 17.8 Å². The predicted molar refractivity (Wildman–Crippen MR) is 151 cm³/mol. The third kappa shape index (κ3) is 4.88. The van der Waals surface area contributed by atoms with E-state index in [2.05, 4.69) is 67.8 Å². The topological polar surface area (TPSA) is 61.6 Å². The van der Waals surface area contributed by atoms with Gasteiger partial charge in [-0.05, 0) is 72.8 Å². The van der Waals surface area contributed by atoms with Crippen molar-refractivity contribution in [3.8, 4) is 0 Å². The summed E-state index contributed by atoms with van der Waals surface area (Å²) in [5.41, 5.74) is 4.39. The minimum Gasteiger partial charge on any atom is -0.369 e. The third-order valence-corrected chi connectivity index (χ3v) is 8.54. The molecular weight excluding hydrogens is 510 g/mol. The number of nitrogens with zero attached hydrogens (tertiary/aromatic N) is 6. The van der Waals surface area contributed by atoms with Crippen LogP contribution in [-0.2, 0) is 5.75 Å². The molecule has 1 N–H and O–H groups in total. The van der Waals surface area contributed by atoms with Crippen LogP contribution in [0.15, 0.2) is 59.1 Å². The second-order valence-electron chi connectivity index (χ2n) is 9.04. The molecule has 5 aromatic rings. The van der Waals surface area contributed by atoms with E-state index in [1.54, 1.807) is 27.6 Å². The Morgan fingerprint density at radius 3 is 2.64 bits per heavy atom. The zero-order valence-corrected chi connectivity index (χ0v) is 22.5. The van der Waals surface area contributed by atoms with Crippen LogP contribution in [0.25, 0.3) is 15.9 Å². The molecule has 0 spiro atoms. The van der Waals surface area contributed by atoms with Crippen molar-refractivity contribution in [2.24, 2.45) is 0 Å². The summed E-state index contributed by atoms with van der Waals surface area (Å²) < 4.78 is 3.02. The van der Waals surface area contributed by atoms with Crippen molar-refractivity contribution in [3.63, 3.8) is 0 Å². The van der Waals surface area contributed by atoms with E-state index in [0.29, 0.717) is 10.9 Å². The minimum absolute atomic E-state index is 0.590. The van der Waals surface area contributed by atoms with Crippen molar-refractivity contribution in [3.05, 3.63) is 70.2 Å². The van der Waals surface area contributed by atoms with Crippen LogP contribution in [0.2, 0.25) is 5.02 Å². The van der Waals surface area contributed by atoms with E-state index in [-0.39, 0.29) is 0 Å². The zero-order chi connectivity index (χ0) is 24.6. The average Bonchev–Trinajstić information content (AvgIpc) is 3.47. The van der Waals surface area contributed by atoms with Crippen molar-refractivity contribution >= 4 is 67.8 Å². The number of halogens is 1. The highest BCUT2D eigenvalue weighted by atomic mass is 35.5. The van der Waals surface area contributed by atoms with Crippen molar-refractivity contribution in [2.75, 3.05) is 43.4 Å². The SMILES string of the molecule is Cc1cc(Nc2ccc(N3CCN(C)CC3)cc2)n2nc(SCc3csc4ccc(Cl)cc34)nc2n1. The molecule has 4 heterocycles. The lowest BCUT2D eigenvalue weighted by Gasteiger charge is -2.34. The maximum atomic E-state index is 6.22. The van der Waals surface area contributed by atoms with Crippen molar-refractivity contribution < 1.29 is 0 Å². The average molecular weight is 536 g/mol. The number of thioether (sulfide) groups is 1. The number of rotatable bonds is 6. The van der Waals surface area contributed by atoms with E-state index < -0.39 is 0 Å². The van der Waals surface area contributed by atoms with Crippen molar-refractivity contribution in [1.29, 1.82) is 0 Å². The molecule has 0 bridgehead atoms. The standard InChI is InChI=1S/C26H26ClN7S2/c1-17-13-24(29-20-4-6-21(7-5-20)33-11-9-32(2)10-12-33)34-25(28-17)30-26(31-34)36-16-18-15-35-23-8-3-19(27)14-22(18)23/h3-8,13-15,29H,9-12,16H2,1-2H3. The molecule has 184 valence electrons. The largest absolute Gasteiger partial charge is 0.369 e. The Morgan fingerprint density at radius 2 is 1.83 bits per heavy atom. The van der Waals surface area contributed by atoms with E-state index in [9.17, 15) is 0 Å². The molecule has 0 radical (unpaired) electrons. The van der Waals surface area contributed by atoms with Gasteiger partial charge in [0.2, 0.25) is 5.16 Å². The molecule has 2 aromatic carbocycles. The molecule has 36 heavy (non-hydrogen) atoms. The highest BCUT2D eigenvalue weighted by molar-refractivity contribution is 7.98. The molecule has 1 fully saturated rings. The maximum absolute atomic E-state index is 6.22. The van der Waals surface area contributed by atoms with Gasteiger partial charge in [-0.1, -0.05) is 23.4 Å². The lowest BCUT2D eigenvalue weighted by atomic mass is 10.2. The second-order valence-corrected chi connectivity index (χ2v) is 11.3. The number of anilines is 3. The van der Waals surface area contributed by atoms with Gasteiger partial charge in [0.15, 0.2) is 0 Å². The molecule has 3 aromatic heterocycles. The first-order valence-electron chi connectivity index (χ1n) is 11.9. The first-order chi connectivity index (χ1) is 17.5. The molecule has 0 saturated carbocycles. The highest BCUT2D eigenvalue weighted by Gasteiger charge is 2.15.